The van der Waals surface area contributed by atoms with Crippen molar-refractivity contribution < 1.29 is 5.11 Å². The van der Waals surface area contributed by atoms with E-state index in [4.69, 9.17) is 4.98 Å². The first kappa shape index (κ1) is 22.6. The molecule has 0 amide bonds. The quantitative estimate of drug-likeness (QED) is 0.398. The average molecular weight is 460 g/mol. The van der Waals surface area contributed by atoms with Crippen LogP contribution >= 0.6 is 12.4 Å². The van der Waals surface area contributed by atoms with Crippen LogP contribution < -0.4 is 4.90 Å². The fraction of sp³-hybridized carbons (Fsp3) is 0.269. The number of anilines is 1. The summed E-state index contributed by atoms with van der Waals surface area (Å²) in [5.74, 6) is 0.190. The zero-order valence-corrected chi connectivity index (χ0v) is 19.5. The van der Waals surface area contributed by atoms with E-state index < -0.39 is 0 Å². The molecule has 0 spiro atoms. The summed E-state index contributed by atoms with van der Waals surface area (Å²) in [4.78, 5) is 7.18. The summed E-state index contributed by atoms with van der Waals surface area (Å²) in [6.07, 6.45) is 3.76. The van der Waals surface area contributed by atoms with Crippen LogP contribution in [0.3, 0.4) is 0 Å². The Morgan fingerprint density at radius 3 is 2.42 bits per heavy atom. The summed E-state index contributed by atoms with van der Waals surface area (Å²) >= 11 is 0. The summed E-state index contributed by atoms with van der Waals surface area (Å²) in [5.41, 5.74) is 7.26. The Morgan fingerprint density at radius 2 is 1.76 bits per heavy atom. The number of aromatic nitrogens is 3. The number of phenolic OH excluding ortho intramolecular Hbond substituents is 1. The van der Waals surface area contributed by atoms with Gasteiger partial charge in [-0.2, -0.15) is 10.4 Å². The average Bonchev–Trinajstić information content (AvgIpc) is 3.19. The maximum atomic E-state index is 10.2. The summed E-state index contributed by atoms with van der Waals surface area (Å²) in [6.45, 7) is 6.04. The second kappa shape index (κ2) is 9.13. The van der Waals surface area contributed by atoms with Gasteiger partial charge in [0.25, 0.3) is 0 Å². The van der Waals surface area contributed by atoms with E-state index in [0.29, 0.717) is 16.9 Å². The maximum Gasteiger partial charge on any atom is 0.182 e. The van der Waals surface area contributed by atoms with Gasteiger partial charge in [-0.3, -0.25) is 5.10 Å². The molecule has 1 aliphatic heterocycles. The predicted octanol–water partition coefficient (Wildman–Crippen LogP) is 5.90. The first-order valence-electron chi connectivity index (χ1n) is 11.0. The lowest BCUT2D eigenvalue weighted by Gasteiger charge is -2.29. The summed E-state index contributed by atoms with van der Waals surface area (Å²) in [6, 6.07) is 16.0. The highest BCUT2D eigenvalue weighted by atomic mass is 35.5. The fourth-order valence-electron chi connectivity index (χ4n) is 4.70. The van der Waals surface area contributed by atoms with Crippen molar-refractivity contribution in [3.63, 3.8) is 0 Å². The number of nitrogens with one attached hydrogen (secondary N) is 1. The highest BCUT2D eigenvalue weighted by molar-refractivity contribution is 6.01. The molecule has 2 aromatic heterocycles. The lowest BCUT2D eigenvalue weighted by atomic mass is 9.92. The van der Waals surface area contributed by atoms with Gasteiger partial charge >= 0.3 is 0 Å². The number of rotatable bonds is 3. The zero-order chi connectivity index (χ0) is 22.2. The fourth-order valence-corrected chi connectivity index (χ4v) is 4.70. The number of hydrogen-bond acceptors (Lipinski definition) is 5. The minimum Gasteiger partial charge on any atom is -0.508 e. The zero-order valence-electron chi connectivity index (χ0n) is 18.7. The van der Waals surface area contributed by atoms with Gasteiger partial charge in [0.15, 0.2) is 5.65 Å². The SMILES string of the molecule is Cc1cc(O)ccc1-c1nc2n[nH]c(C)c2c(-c2ccc(N3CCCCC3)cc2)c1C#N.Cl. The van der Waals surface area contributed by atoms with Gasteiger partial charge in [-0.15, -0.1) is 12.4 Å². The van der Waals surface area contributed by atoms with Crippen molar-refractivity contribution in [1.82, 2.24) is 15.2 Å². The van der Waals surface area contributed by atoms with Gasteiger partial charge < -0.3 is 10.0 Å². The number of phenols is 1. The molecule has 0 atom stereocenters. The molecule has 33 heavy (non-hydrogen) atoms. The molecule has 0 aliphatic carbocycles. The monoisotopic (exact) mass is 459 g/mol. The number of piperidine rings is 1. The molecule has 7 heteroatoms. The Balaban J connectivity index is 0.00000259. The molecule has 4 aromatic rings. The van der Waals surface area contributed by atoms with Gasteiger partial charge in [0.2, 0.25) is 0 Å². The third-order valence-electron chi connectivity index (χ3n) is 6.34. The van der Waals surface area contributed by atoms with E-state index in [9.17, 15) is 10.4 Å². The predicted molar refractivity (Wildman–Crippen MR) is 134 cm³/mol. The Kier molecular flexibility index (Phi) is 6.26. The van der Waals surface area contributed by atoms with E-state index in [1.54, 1.807) is 12.1 Å². The van der Waals surface area contributed by atoms with Crippen LogP contribution in [0.25, 0.3) is 33.4 Å². The second-order valence-corrected chi connectivity index (χ2v) is 8.46. The minimum atomic E-state index is 0. The van der Waals surface area contributed by atoms with Crippen molar-refractivity contribution in [2.75, 3.05) is 18.0 Å². The Bertz CT molecular complexity index is 1350. The van der Waals surface area contributed by atoms with E-state index >= 15 is 0 Å². The molecular weight excluding hydrogens is 434 g/mol. The van der Waals surface area contributed by atoms with Crippen LogP contribution in [0.1, 0.15) is 36.1 Å². The van der Waals surface area contributed by atoms with Crippen molar-refractivity contribution in [2.45, 2.75) is 33.1 Å². The van der Waals surface area contributed by atoms with Gasteiger partial charge in [0.05, 0.1) is 16.6 Å². The first-order valence-corrected chi connectivity index (χ1v) is 11.0. The first-order chi connectivity index (χ1) is 15.6. The lowest BCUT2D eigenvalue weighted by Crippen LogP contribution is -2.29. The molecule has 1 aliphatic rings. The van der Waals surface area contributed by atoms with Crippen molar-refractivity contribution in [1.29, 1.82) is 5.26 Å². The standard InChI is InChI=1S/C26H25N5O.ClH/c1-16-14-20(32)10-11-21(16)25-22(15-27)24(23-17(2)29-30-26(23)28-25)18-6-8-19(9-7-18)31-12-4-3-5-13-31;/h6-11,14,32H,3-5,12-13H2,1-2H3,(H,28,29,30);1H. The minimum absolute atomic E-state index is 0. The second-order valence-electron chi connectivity index (χ2n) is 8.46. The van der Waals surface area contributed by atoms with Gasteiger partial charge in [-0.1, -0.05) is 12.1 Å². The number of nitriles is 1. The topological polar surface area (TPSA) is 88.8 Å². The highest BCUT2D eigenvalue weighted by Gasteiger charge is 2.22. The molecule has 6 nitrogen and oxygen atoms in total. The highest BCUT2D eigenvalue weighted by Crippen LogP contribution is 2.39. The molecule has 1 saturated heterocycles. The van der Waals surface area contributed by atoms with Crippen LogP contribution in [0.2, 0.25) is 0 Å². The Morgan fingerprint density at radius 1 is 1.03 bits per heavy atom. The number of hydrogen-bond donors (Lipinski definition) is 2. The molecule has 2 aromatic carbocycles. The van der Waals surface area contributed by atoms with Crippen molar-refractivity contribution in [3.05, 3.63) is 59.3 Å². The van der Waals surface area contributed by atoms with E-state index in [2.05, 4.69) is 45.4 Å². The Labute approximate surface area is 199 Å². The number of benzene rings is 2. The number of halogens is 1. The van der Waals surface area contributed by atoms with E-state index in [1.807, 2.05) is 19.9 Å². The number of aromatic hydroxyl groups is 1. The molecule has 3 heterocycles. The van der Waals surface area contributed by atoms with Gasteiger partial charge in [-0.25, -0.2) is 4.98 Å². The third kappa shape index (κ3) is 4.01. The molecule has 0 unspecified atom stereocenters. The number of aryl methyl sites for hydroxylation is 2. The number of aromatic amines is 1. The number of nitrogens with zero attached hydrogens (tertiary/aromatic N) is 4. The summed E-state index contributed by atoms with van der Waals surface area (Å²) in [7, 11) is 0. The summed E-state index contributed by atoms with van der Waals surface area (Å²) in [5, 5.41) is 28.4. The largest absolute Gasteiger partial charge is 0.508 e. The van der Waals surface area contributed by atoms with Gasteiger partial charge in [-0.05, 0) is 74.6 Å². The smallest absolute Gasteiger partial charge is 0.182 e. The van der Waals surface area contributed by atoms with E-state index in [-0.39, 0.29) is 18.2 Å². The van der Waals surface area contributed by atoms with Crippen molar-refractivity contribution in [2.24, 2.45) is 0 Å². The van der Waals surface area contributed by atoms with Crippen LogP contribution in [-0.2, 0) is 0 Å². The molecule has 0 bridgehead atoms. The van der Waals surface area contributed by atoms with E-state index in [1.165, 1.54) is 24.9 Å². The normalized spacial score (nSPS) is 13.5. The molecule has 0 saturated carbocycles. The Hall–Kier alpha value is -3.56. The molecule has 0 radical (unpaired) electrons. The summed E-state index contributed by atoms with van der Waals surface area (Å²) < 4.78 is 0. The molecule has 5 rings (SSSR count). The molecule has 1 fully saturated rings. The number of H-pyrrole nitrogens is 1. The van der Waals surface area contributed by atoms with Crippen LogP contribution in [0.15, 0.2) is 42.5 Å². The molecule has 2 N–H and O–H groups in total. The van der Waals surface area contributed by atoms with Crippen LogP contribution in [0.4, 0.5) is 5.69 Å². The van der Waals surface area contributed by atoms with Crippen LogP contribution in [0, 0.1) is 25.2 Å². The third-order valence-corrected chi connectivity index (χ3v) is 6.34. The van der Waals surface area contributed by atoms with Crippen molar-refractivity contribution >= 4 is 29.1 Å². The number of pyridine rings is 1. The van der Waals surface area contributed by atoms with Crippen LogP contribution in [0.5, 0.6) is 5.75 Å². The van der Waals surface area contributed by atoms with Gasteiger partial charge in [0.1, 0.15) is 11.8 Å². The van der Waals surface area contributed by atoms with Crippen molar-refractivity contribution in [3.8, 4) is 34.2 Å². The maximum absolute atomic E-state index is 10.2. The van der Waals surface area contributed by atoms with E-state index in [0.717, 1.165) is 46.4 Å². The van der Waals surface area contributed by atoms with Crippen LogP contribution in [-0.4, -0.2) is 33.4 Å². The van der Waals surface area contributed by atoms with Gasteiger partial charge in [0, 0.05) is 35.6 Å². The molecular formula is C26H26ClN5O. The molecule has 168 valence electrons. The number of fused-ring (bicyclic) bond motifs is 1. The lowest BCUT2D eigenvalue weighted by molar-refractivity contribution is 0.475.